The highest BCUT2D eigenvalue weighted by atomic mass is 32.2. The van der Waals surface area contributed by atoms with E-state index in [9.17, 15) is 14.7 Å². The molecule has 0 aromatic rings. The molecule has 3 rings (SSSR count). The van der Waals surface area contributed by atoms with Gasteiger partial charge in [0.05, 0.1) is 24.4 Å². The van der Waals surface area contributed by atoms with E-state index in [-0.39, 0.29) is 36.5 Å². The number of urea groups is 1. The number of hydrogen-bond donors (Lipinski definition) is 2. The number of nitrogens with zero attached hydrogens (tertiary/aromatic N) is 3. The highest BCUT2D eigenvalue weighted by molar-refractivity contribution is 7.99. The maximum Gasteiger partial charge on any atom is 0.341 e. The van der Waals surface area contributed by atoms with E-state index in [0.717, 1.165) is 44.3 Å². The van der Waals surface area contributed by atoms with Crippen LogP contribution in [0.5, 0.6) is 0 Å². The predicted molar refractivity (Wildman–Crippen MR) is 115 cm³/mol. The van der Waals surface area contributed by atoms with Crippen LogP contribution in [0.4, 0.5) is 4.79 Å². The zero-order valence-electron chi connectivity index (χ0n) is 17.6. The lowest BCUT2D eigenvalue weighted by Crippen LogP contribution is -2.40. The van der Waals surface area contributed by atoms with Gasteiger partial charge >= 0.3 is 12.0 Å². The van der Waals surface area contributed by atoms with Gasteiger partial charge in [-0.05, 0) is 57.6 Å². The summed E-state index contributed by atoms with van der Waals surface area (Å²) in [6.45, 7) is 4.07. The first kappa shape index (κ1) is 22.4. The topological polar surface area (TPSA) is 93.4 Å². The Kier molecular flexibility index (Phi) is 7.85. The summed E-state index contributed by atoms with van der Waals surface area (Å²) in [5.41, 5.74) is 0. The summed E-state index contributed by atoms with van der Waals surface area (Å²) in [7, 11) is 0. The third kappa shape index (κ3) is 5.45. The van der Waals surface area contributed by atoms with Gasteiger partial charge in [-0.3, -0.25) is 4.79 Å². The third-order valence-corrected chi connectivity index (χ3v) is 7.84. The molecular weight excluding hydrogens is 390 g/mol. The van der Waals surface area contributed by atoms with Crippen molar-refractivity contribution in [3.63, 3.8) is 0 Å². The van der Waals surface area contributed by atoms with Gasteiger partial charge in [0.25, 0.3) is 0 Å². The van der Waals surface area contributed by atoms with Crippen molar-refractivity contribution in [1.29, 1.82) is 0 Å². The monoisotopic (exact) mass is 425 g/mol. The number of carboxylic acid groups (broad SMARTS) is 1. The van der Waals surface area contributed by atoms with E-state index in [1.807, 2.05) is 30.5 Å². The molecule has 7 nitrogen and oxygen atoms in total. The smallest absolute Gasteiger partial charge is 0.341 e. The van der Waals surface area contributed by atoms with Crippen LogP contribution in [0.3, 0.4) is 0 Å². The summed E-state index contributed by atoms with van der Waals surface area (Å²) in [4.78, 5) is 25.6. The van der Waals surface area contributed by atoms with E-state index in [0.29, 0.717) is 11.7 Å². The number of amides is 2. The average molecular weight is 426 g/mol. The second-order valence-electron chi connectivity index (χ2n) is 8.88. The van der Waals surface area contributed by atoms with Crippen LogP contribution in [0, 0.1) is 5.92 Å². The van der Waals surface area contributed by atoms with Gasteiger partial charge < -0.3 is 15.1 Å². The Morgan fingerprint density at radius 1 is 1.24 bits per heavy atom. The number of aliphatic carboxylic acids is 1. The number of fused-ring (bicyclic) bond motifs is 1. The van der Waals surface area contributed by atoms with Crippen molar-refractivity contribution in [3.8, 4) is 0 Å². The summed E-state index contributed by atoms with van der Waals surface area (Å²) in [6.07, 6.45) is 9.28. The molecule has 164 valence electrons. The van der Waals surface area contributed by atoms with Gasteiger partial charge in [0.2, 0.25) is 0 Å². The van der Waals surface area contributed by atoms with E-state index in [2.05, 4.69) is 5.10 Å². The van der Waals surface area contributed by atoms with Crippen molar-refractivity contribution in [1.82, 2.24) is 9.91 Å². The van der Waals surface area contributed by atoms with Gasteiger partial charge in [-0.15, -0.1) is 0 Å². The SMILES string of the molecule is CC(C)N1C(=O)N(N=CC(O)C2CCCCC2)C2CC(SCCCC(=O)O)CC21. The molecule has 3 fully saturated rings. The highest BCUT2D eigenvalue weighted by Gasteiger charge is 2.52. The minimum absolute atomic E-state index is 0.0386. The summed E-state index contributed by atoms with van der Waals surface area (Å²) in [5, 5.41) is 25.8. The minimum atomic E-state index is -0.748. The van der Waals surface area contributed by atoms with Gasteiger partial charge in [0.15, 0.2) is 0 Å². The van der Waals surface area contributed by atoms with E-state index in [1.165, 1.54) is 6.42 Å². The molecule has 0 aromatic heterocycles. The van der Waals surface area contributed by atoms with E-state index < -0.39 is 12.1 Å². The molecule has 8 heteroatoms. The molecule has 0 spiro atoms. The summed E-state index contributed by atoms with van der Waals surface area (Å²) in [6, 6.07) is 0.228. The molecule has 1 aliphatic heterocycles. The number of aliphatic hydroxyl groups excluding tert-OH is 1. The maximum absolute atomic E-state index is 13.0. The van der Waals surface area contributed by atoms with Crippen LogP contribution in [0.1, 0.15) is 71.6 Å². The fraction of sp³-hybridized carbons (Fsp3) is 0.857. The molecule has 29 heavy (non-hydrogen) atoms. The molecule has 3 aliphatic rings. The molecule has 0 bridgehead atoms. The number of hydrogen-bond acceptors (Lipinski definition) is 5. The van der Waals surface area contributed by atoms with Crippen LogP contribution < -0.4 is 0 Å². The Morgan fingerprint density at radius 3 is 2.59 bits per heavy atom. The largest absolute Gasteiger partial charge is 0.481 e. The van der Waals surface area contributed by atoms with Gasteiger partial charge in [-0.2, -0.15) is 16.9 Å². The van der Waals surface area contributed by atoms with Crippen LogP contribution in [-0.4, -0.2) is 73.6 Å². The molecule has 0 radical (unpaired) electrons. The first-order valence-electron chi connectivity index (χ1n) is 11.1. The Labute approximate surface area is 177 Å². The zero-order valence-corrected chi connectivity index (χ0v) is 18.4. The maximum atomic E-state index is 13.0. The van der Waals surface area contributed by atoms with Crippen molar-refractivity contribution in [2.45, 2.75) is 101 Å². The Hall–Kier alpha value is -1.28. The molecule has 0 aromatic carbocycles. The molecular formula is C21H35N3O4S. The molecule has 2 saturated carbocycles. The van der Waals surface area contributed by atoms with E-state index >= 15 is 0 Å². The zero-order chi connectivity index (χ0) is 21.0. The normalized spacial score (nSPS) is 29.2. The van der Waals surface area contributed by atoms with Gasteiger partial charge in [0, 0.05) is 17.7 Å². The second kappa shape index (κ2) is 10.2. The fourth-order valence-electron chi connectivity index (χ4n) is 5.00. The quantitative estimate of drug-likeness (QED) is 0.435. The van der Waals surface area contributed by atoms with Crippen molar-refractivity contribution < 1.29 is 19.8 Å². The van der Waals surface area contributed by atoms with E-state index in [4.69, 9.17) is 5.11 Å². The number of hydrazone groups is 1. The van der Waals surface area contributed by atoms with Crippen LogP contribution in [0.2, 0.25) is 0 Å². The lowest BCUT2D eigenvalue weighted by molar-refractivity contribution is -0.137. The van der Waals surface area contributed by atoms with Gasteiger partial charge in [0.1, 0.15) is 0 Å². The van der Waals surface area contributed by atoms with Crippen molar-refractivity contribution in [2.75, 3.05) is 5.75 Å². The Morgan fingerprint density at radius 2 is 1.93 bits per heavy atom. The minimum Gasteiger partial charge on any atom is -0.481 e. The number of carbonyl (C=O) groups excluding carboxylic acids is 1. The molecule has 1 saturated heterocycles. The summed E-state index contributed by atoms with van der Waals surface area (Å²) >= 11 is 1.82. The lowest BCUT2D eigenvalue weighted by atomic mass is 9.86. The first-order chi connectivity index (χ1) is 13.9. The van der Waals surface area contributed by atoms with Crippen molar-refractivity contribution >= 4 is 30.0 Å². The molecule has 4 unspecified atom stereocenters. The van der Waals surface area contributed by atoms with Crippen LogP contribution >= 0.6 is 11.8 Å². The molecule has 4 atom stereocenters. The Balaban J connectivity index is 1.61. The van der Waals surface area contributed by atoms with E-state index in [1.54, 1.807) is 11.2 Å². The highest BCUT2D eigenvalue weighted by Crippen LogP contribution is 2.41. The first-order valence-corrected chi connectivity index (χ1v) is 12.1. The number of carbonyl (C=O) groups is 2. The number of carboxylic acids is 1. The summed E-state index contributed by atoms with van der Waals surface area (Å²) < 4.78 is 0. The predicted octanol–water partition coefficient (Wildman–Crippen LogP) is 3.56. The molecule has 2 N–H and O–H groups in total. The molecule has 2 amide bonds. The lowest BCUT2D eigenvalue weighted by Gasteiger charge is -2.26. The average Bonchev–Trinajstić information content (AvgIpc) is 3.19. The van der Waals surface area contributed by atoms with Gasteiger partial charge in [-0.25, -0.2) is 9.80 Å². The molecule has 1 heterocycles. The Bertz CT molecular complexity index is 609. The number of thioether (sulfide) groups is 1. The van der Waals surface area contributed by atoms with Crippen molar-refractivity contribution in [3.05, 3.63) is 0 Å². The van der Waals surface area contributed by atoms with Crippen molar-refractivity contribution in [2.24, 2.45) is 11.0 Å². The standard InChI is InChI=1S/C21H35N3O4S/c1-14(2)23-17-11-16(29-10-6-9-20(26)27)12-18(17)24(21(23)28)22-13-19(25)15-7-4-3-5-8-15/h13-19,25H,3-12H2,1-2H3,(H,26,27). The number of aliphatic hydroxyl groups is 1. The van der Waals surface area contributed by atoms with Crippen LogP contribution in [0.25, 0.3) is 0 Å². The summed E-state index contributed by atoms with van der Waals surface area (Å²) in [5.74, 6) is 0.334. The number of rotatable bonds is 9. The van der Waals surface area contributed by atoms with Crippen LogP contribution in [0.15, 0.2) is 5.10 Å². The molecule has 2 aliphatic carbocycles. The third-order valence-electron chi connectivity index (χ3n) is 6.46. The van der Waals surface area contributed by atoms with Gasteiger partial charge in [-0.1, -0.05) is 19.3 Å². The fourth-order valence-corrected chi connectivity index (χ4v) is 6.31. The second-order valence-corrected chi connectivity index (χ2v) is 10.3. The van der Waals surface area contributed by atoms with Crippen LogP contribution in [-0.2, 0) is 4.79 Å².